The van der Waals surface area contributed by atoms with Gasteiger partial charge in [-0.1, -0.05) is 31.6 Å². The Bertz CT molecular complexity index is 731. The van der Waals surface area contributed by atoms with Crippen LogP contribution < -0.4 is 21.1 Å². The Kier molecular flexibility index (Phi) is 5.97. The van der Waals surface area contributed by atoms with E-state index in [0.717, 1.165) is 22.4 Å². The Balaban J connectivity index is 2.17. The van der Waals surface area contributed by atoms with E-state index >= 15 is 0 Å². The first-order valence-corrected chi connectivity index (χ1v) is 8.66. The molecule has 0 aliphatic carbocycles. The van der Waals surface area contributed by atoms with Crippen LogP contribution in [0.15, 0.2) is 18.2 Å². The fourth-order valence-electron chi connectivity index (χ4n) is 2.25. The molecule has 0 bridgehead atoms. The molecule has 24 heavy (non-hydrogen) atoms. The molecular formula is C16H22N4O3S. The maximum absolute atomic E-state index is 12.5. The van der Waals surface area contributed by atoms with Crippen LogP contribution in [0.2, 0.25) is 0 Å². The number of nitrogens with zero attached hydrogens (tertiary/aromatic N) is 1. The highest BCUT2D eigenvalue weighted by Gasteiger charge is 2.26. The molecule has 2 atom stereocenters. The van der Waals surface area contributed by atoms with Crippen molar-refractivity contribution in [3.63, 3.8) is 0 Å². The number of aromatic nitrogens is 1. The fraction of sp³-hybridized carbons (Fsp3) is 0.438. The minimum absolute atomic E-state index is 0.0450. The van der Waals surface area contributed by atoms with Gasteiger partial charge in [-0.15, -0.1) is 0 Å². The van der Waals surface area contributed by atoms with E-state index < -0.39 is 12.1 Å². The van der Waals surface area contributed by atoms with E-state index in [2.05, 4.69) is 15.6 Å². The Morgan fingerprint density at radius 1 is 1.38 bits per heavy atom. The van der Waals surface area contributed by atoms with Crippen LogP contribution in [0.1, 0.15) is 27.2 Å². The number of primary amides is 1. The summed E-state index contributed by atoms with van der Waals surface area (Å²) in [7, 11) is 0. The molecule has 0 aliphatic heterocycles. The third-order valence-corrected chi connectivity index (χ3v) is 4.63. The molecule has 0 radical (unpaired) electrons. The van der Waals surface area contributed by atoms with Crippen molar-refractivity contribution in [2.75, 3.05) is 11.9 Å². The molecule has 0 spiro atoms. The van der Waals surface area contributed by atoms with E-state index in [-0.39, 0.29) is 11.8 Å². The Hall–Kier alpha value is -2.35. The lowest BCUT2D eigenvalue weighted by atomic mass is 9.98. The van der Waals surface area contributed by atoms with E-state index in [9.17, 15) is 9.59 Å². The van der Waals surface area contributed by atoms with Crippen LogP contribution in [-0.4, -0.2) is 29.6 Å². The smallest absolute Gasteiger partial charge is 0.312 e. The van der Waals surface area contributed by atoms with Crippen molar-refractivity contribution in [1.29, 1.82) is 0 Å². The summed E-state index contributed by atoms with van der Waals surface area (Å²) >= 11 is 1.35. The Labute approximate surface area is 144 Å². The van der Waals surface area contributed by atoms with E-state index in [4.69, 9.17) is 10.5 Å². The van der Waals surface area contributed by atoms with Crippen molar-refractivity contribution in [3.8, 4) is 5.75 Å². The number of thiazole rings is 1. The maximum Gasteiger partial charge on any atom is 0.312 e. The average molecular weight is 350 g/mol. The summed E-state index contributed by atoms with van der Waals surface area (Å²) in [5.74, 6) is 0.392. The van der Waals surface area contributed by atoms with E-state index in [1.807, 2.05) is 39.0 Å². The number of ether oxygens (including phenoxy) is 1. The van der Waals surface area contributed by atoms with Crippen LogP contribution in [0, 0.1) is 5.92 Å². The van der Waals surface area contributed by atoms with Gasteiger partial charge in [0.2, 0.25) is 5.91 Å². The standard InChI is InChI=1S/C16H22N4O3S/c1-4-9(3)13(19-15(17)22)14(21)20-16-18-11-7-6-10(23-5-2)8-12(11)24-16/h6-9,13H,4-5H2,1-3H3,(H3,17,19,22)(H,18,20,21)/t9-,13-/m0/s1. The number of fused-ring (bicyclic) bond motifs is 1. The molecule has 8 heteroatoms. The van der Waals surface area contributed by atoms with Gasteiger partial charge in [-0.2, -0.15) is 0 Å². The van der Waals surface area contributed by atoms with Gasteiger partial charge in [-0.05, 0) is 31.0 Å². The van der Waals surface area contributed by atoms with Gasteiger partial charge in [0, 0.05) is 0 Å². The summed E-state index contributed by atoms with van der Waals surface area (Å²) in [6.07, 6.45) is 0.732. The van der Waals surface area contributed by atoms with Crippen molar-refractivity contribution >= 4 is 38.6 Å². The second-order valence-electron chi connectivity index (χ2n) is 5.44. The van der Waals surface area contributed by atoms with Gasteiger partial charge in [0.15, 0.2) is 5.13 Å². The first-order valence-electron chi connectivity index (χ1n) is 7.84. The number of nitrogens with one attached hydrogen (secondary N) is 2. The number of carbonyl (C=O) groups is 2. The normalized spacial score (nSPS) is 13.3. The molecule has 4 N–H and O–H groups in total. The SMILES string of the molecule is CCOc1ccc2nc(NC(=O)[C@@H](NC(N)=O)[C@@H](C)CC)sc2c1. The van der Waals surface area contributed by atoms with E-state index in [0.29, 0.717) is 11.7 Å². The molecule has 3 amide bonds. The topological polar surface area (TPSA) is 106 Å². The molecular weight excluding hydrogens is 328 g/mol. The number of hydrogen-bond acceptors (Lipinski definition) is 5. The molecule has 2 rings (SSSR count). The molecule has 1 heterocycles. The maximum atomic E-state index is 12.5. The molecule has 0 saturated carbocycles. The molecule has 2 aromatic rings. The predicted octanol–water partition coefficient (Wildman–Crippen LogP) is 2.72. The van der Waals surface area contributed by atoms with Gasteiger partial charge in [0.05, 0.1) is 16.8 Å². The van der Waals surface area contributed by atoms with Crippen LogP contribution >= 0.6 is 11.3 Å². The molecule has 0 saturated heterocycles. The largest absolute Gasteiger partial charge is 0.494 e. The number of hydrogen-bond donors (Lipinski definition) is 3. The minimum Gasteiger partial charge on any atom is -0.494 e. The molecule has 1 aromatic carbocycles. The quantitative estimate of drug-likeness (QED) is 0.713. The second-order valence-corrected chi connectivity index (χ2v) is 6.47. The lowest BCUT2D eigenvalue weighted by Gasteiger charge is -2.21. The summed E-state index contributed by atoms with van der Waals surface area (Å²) < 4.78 is 6.38. The molecule has 7 nitrogen and oxygen atoms in total. The van der Waals surface area contributed by atoms with Gasteiger partial charge < -0.3 is 21.1 Å². The fourth-order valence-corrected chi connectivity index (χ4v) is 3.15. The molecule has 0 unspecified atom stereocenters. The highest BCUT2D eigenvalue weighted by Crippen LogP contribution is 2.29. The summed E-state index contributed by atoms with van der Waals surface area (Å²) in [6, 6.07) is 4.16. The highest BCUT2D eigenvalue weighted by atomic mass is 32.1. The number of benzene rings is 1. The van der Waals surface area contributed by atoms with Crippen LogP contribution in [0.3, 0.4) is 0 Å². The molecule has 1 aromatic heterocycles. The average Bonchev–Trinajstić information content (AvgIpc) is 2.93. The highest BCUT2D eigenvalue weighted by molar-refractivity contribution is 7.22. The Morgan fingerprint density at radius 3 is 2.75 bits per heavy atom. The zero-order valence-corrected chi connectivity index (χ0v) is 14.8. The van der Waals surface area contributed by atoms with Crippen LogP contribution in [0.4, 0.5) is 9.93 Å². The van der Waals surface area contributed by atoms with Crippen LogP contribution in [0.25, 0.3) is 10.2 Å². The van der Waals surface area contributed by atoms with Crippen molar-refractivity contribution in [2.24, 2.45) is 11.7 Å². The third-order valence-electron chi connectivity index (χ3n) is 3.69. The van der Waals surface area contributed by atoms with Crippen molar-refractivity contribution in [3.05, 3.63) is 18.2 Å². The monoisotopic (exact) mass is 350 g/mol. The zero-order valence-electron chi connectivity index (χ0n) is 14.0. The minimum atomic E-state index is -0.721. The lowest BCUT2D eigenvalue weighted by Crippen LogP contribution is -2.49. The molecule has 0 fully saturated rings. The number of anilines is 1. The lowest BCUT2D eigenvalue weighted by molar-refractivity contribution is -0.119. The van der Waals surface area contributed by atoms with Gasteiger partial charge in [-0.3, -0.25) is 4.79 Å². The van der Waals surface area contributed by atoms with E-state index in [1.165, 1.54) is 11.3 Å². The van der Waals surface area contributed by atoms with Crippen LogP contribution in [-0.2, 0) is 4.79 Å². The molecule has 0 aliphatic rings. The van der Waals surface area contributed by atoms with Gasteiger partial charge >= 0.3 is 6.03 Å². The van der Waals surface area contributed by atoms with Gasteiger partial charge in [0.25, 0.3) is 0 Å². The number of nitrogens with two attached hydrogens (primary N) is 1. The summed E-state index contributed by atoms with van der Waals surface area (Å²) in [4.78, 5) is 28.0. The first kappa shape index (κ1) is 18.0. The van der Waals surface area contributed by atoms with Crippen molar-refractivity contribution in [1.82, 2.24) is 10.3 Å². The number of rotatable bonds is 7. The van der Waals surface area contributed by atoms with Crippen molar-refractivity contribution < 1.29 is 14.3 Å². The zero-order chi connectivity index (χ0) is 17.7. The van der Waals surface area contributed by atoms with Crippen molar-refractivity contribution in [2.45, 2.75) is 33.2 Å². The predicted molar refractivity (Wildman–Crippen MR) is 95.4 cm³/mol. The van der Waals surface area contributed by atoms with Gasteiger partial charge in [-0.25, -0.2) is 9.78 Å². The first-order chi connectivity index (χ1) is 11.4. The number of amides is 3. The third kappa shape index (κ3) is 4.35. The van der Waals surface area contributed by atoms with Gasteiger partial charge in [0.1, 0.15) is 11.8 Å². The van der Waals surface area contributed by atoms with Crippen LogP contribution in [0.5, 0.6) is 5.75 Å². The summed E-state index contributed by atoms with van der Waals surface area (Å²) in [5, 5.41) is 5.73. The summed E-state index contributed by atoms with van der Waals surface area (Å²) in [5.41, 5.74) is 5.95. The van der Waals surface area contributed by atoms with E-state index in [1.54, 1.807) is 0 Å². The Morgan fingerprint density at radius 2 is 2.12 bits per heavy atom. The summed E-state index contributed by atoms with van der Waals surface area (Å²) in [6.45, 7) is 6.33. The molecule has 130 valence electrons. The number of urea groups is 1. The second kappa shape index (κ2) is 7.96. The number of carbonyl (C=O) groups excluding carboxylic acids is 2.